The molecule has 0 bridgehead atoms. The zero-order chi connectivity index (χ0) is 13.0. The fourth-order valence-corrected chi connectivity index (χ4v) is 1.93. The highest BCUT2D eigenvalue weighted by atomic mass is 35.5. The van der Waals surface area contributed by atoms with E-state index < -0.39 is 0 Å². The molecular formula is C14H12ClN3. The predicted molar refractivity (Wildman–Crippen MR) is 72.5 cm³/mol. The van der Waals surface area contributed by atoms with Crippen LogP contribution in [0.25, 0.3) is 0 Å². The van der Waals surface area contributed by atoms with E-state index in [2.05, 4.69) is 11.1 Å². The topological polar surface area (TPSA) is 39.9 Å². The minimum atomic E-state index is 0.621. The summed E-state index contributed by atoms with van der Waals surface area (Å²) in [5, 5.41) is 9.72. The van der Waals surface area contributed by atoms with Crippen LogP contribution in [-0.4, -0.2) is 12.0 Å². The molecule has 90 valence electrons. The Morgan fingerprint density at radius 2 is 2.00 bits per heavy atom. The molecule has 2 aromatic rings. The Labute approximate surface area is 111 Å². The summed E-state index contributed by atoms with van der Waals surface area (Å²) >= 11 is 5.97. The molecule has 0 N–H and O–H groups in total. The van der Waals surface area contributed by atoms with Gasteiger partial charge in [-0.3, -0.25) is 4.98 Å². The van der Waals surface area contributed by atoms with Crippen molar-refractivity contribution in [2.45, 2.75) is 6.54 Å². The first kappa shape index (κ1) is 12.4. The van der Waals surface area contributed by atoms with Gasteiger partial charge in [0.15, 0.2) is 0 Å². The molecule has 0 atom stereocenters. The minimum absolute atomic E-state index is 0.621. The number of benzene rings is 1. The van der Waals surface area contributed by atoms with E-state index in [0.717, 1.165) is 11.3 Å². The van der Waals surface area contributed by atoms with Crippen LogP contribution in [0.2, 0.25) is 5.02 Å². The van der Waals surface area contributed by atoms with Crippen LogP contribution in [0.4, 0.5) is 5.69 Å². The zero-order valence-electron chi connectivity index (χ0n) is 9.97. The number of hydrogen-bond acceptors (Lipinski definition) is 3. The Morgan fingerprint density at radius 1 is 1.28 bits per heavy atom. The molecule has 0 aliphatic rings. The van der Waals surface area contributed by atoms with Gasteiger partial charge < -0.3 is 4.90 Å². The van der Waals surface area contributed by atoms with Crippen molar-refractivity contribution in [2.24, 2.45) is 0 Å². The molecule has 0 aliphatic carbocycles. The van der Waals surface area contributed by atoms with Gasteiger partial charge in [-0.15, -0.1) is 0 Å². The number of aromatic nitrogens is 1. The van der Waals surface area contributed by atoms with Crippen LogP contribution in [0.1, 0.15) is 11.1 Å². The maximum atomic E-state index is 9.09. The summed E-state index contributed by atoms with van der Waals surface area (Å²) < 4.78 is 0. The Kier molecular flexibility index (Phi) is 3.81. The molecule has 3 nitrogen and oxygen atoms in total. The number of nitriles is 1. The maximum Gasteiger partial charge on any atom is 0.101 e. The smallest absolute Gasteiger partial charge is 0.101 e. The Hall–Kier alpha value is -2.05. The van der Waals surface area contributed by atoms with Crippen molar-refractivity contribution in [1.29, 1.82) is 5.26 Å². The van der Waals surface area contributed by atoms with Gasteiger partial charge in [-0.2, -0.15) is 5.26 Å². The van der Waals surface area contributed by atoms with Crippen molar-refractivity contribution in [3.05, 3.63) is 58.9 Å². The zero-order valence-corrected chi connectivity index (χ0v) is 10.7. The van der Waals surface area contributed by atoms with Gasteiger partial charge >= 0.3 is 0 Å². The van der Waals surface area contributed by atoms with Crippen molar-refractivity contribution in [3.63, 3.8) is 0 Å². The van der Waals surface area contributed by atoms with Gasteiger partial charge in [0.25, 0.3) is 0 Å². The number of pyridine rings is 1. The number of hydrogen-bond donors (Lipinski definition) is 0. The van der Waals surface area contributed by atoms with Crippen LogP contribution < -0.4 is 4.90 Å². The summed E-state index contributed by atoms with van der Waals surface area (Å²) in [5.41, 5.74) is 2.59. The summed E-state index contributed by atoms with van der Waals surface area (Å²) in [4.78, 5) is 5.98. The van der Waals surface area contributed by atoms with Gasteiger partial charge in [0.2, 0.25) is 0 Å². The Bertz CT molecular complexity index is 575. The maximum absolute atomic E-state index is 9.09. The average Bonchev–Trinajstić information content (AvgIpc) is 2.40. The normalized spacial score (nSPS) is 9.83. The third-order valence-electron chi connectivity index (χ3n) is 2.66. The second-order valence-electron chi connectivity index (χ2n) is 3.98. The van der Waals surface area contributed by atoms with Crippen LogP contribution in [-0.2, 0) is 6.54 Å². The number of nitrogens with zero attached hydrogens (tertiary/aromatic N) is 3. The molecule has 0 spiro atoms. The monoisotopic (exact) mass is 257 g/mol. The Morgan fingerprint density at radius 3 is 2.67 bits per heavy atom. The lowest BCUT2D eigenvalue weighted by Crippen LogP contribution is -2.17. The molecular weight excluding hydrogens is 246 g/mol. The Balaban J connectivity index is 2.26. The number of anilines is 1. The highest BCUT2D eigenvalue weighted by Gasteiger charge is 2.08. The molecule has 0 amide bonds. The number of rotatable bonds is 3. The lowest BCUT2D eigenvalue weighted by atomic mass is 10.1. The fraction of sp³-hybridized carbons (Fsp3) is 0.143. The largest absolute Gasteiger partial charge is 0.369 e. The number of halogens is 1. The molecule has 0 fully saturated rings. The van der Waals surface area contributed by atoms with Crippen molar-refractivity contribution in [2.75, 3.05) is 11.9 Å². The molecule has 1 aromatic heterocycles. The van der Waals surface area contributed by atoms with Crippen LogP contribution in [0, 0.1) is 11.3 Å². The van der Waals surface area contributed by atoms with Gasteiger partial charge in [0.1, 0.15) is 6.07 Å². The summed E-state index contributed by atoms with van der Waals surface area (Å²) in [5.74, 6) is 0. The predicted octanol–water partition coefficient (Wildman–Crippen LogP) is 3.24. The SMILES string of the molecule is CN(Cc1ccncc1)c1cc(Cl)ccc1C#N. The molecule has 0 aliphatic heterocycles. The van der Waals surface area contributed by atoms with Crippen molar-refractivity contribution in [3.8, 4) is 6.07 Å². The van der Waals surface area contributed by atoms with Gasteiger partial charge in [0.05, 0.1) is 11.3 Å². The van der Waals surface area contributed by atoms with Crippen molar-refractivity contribution >= 4 is 17.3 Å². The van der Waals surface area contributed by atoms with Crippen LogP contribution >= 0.6 is 11.6 Å². The molecule has 0 unspecified atom stereocenters. The first-order valence-electron chi connectivity index (χ1n) is 5.50. The van der Waals surface area contributed by atoms with Gasteiger partial charge in [-0.1, -0.05) is 11.6 Å². The van der Waals surface area contributed by atoms with E-state index in [-0.39, 0.29) is 0 Å². The highest BCUT2D eigenvalue weighted by molar-refractivity contribution is 6.30. The molecule has 0 saturated heterocycles. The third kappa shape index (κ3) is 2.79. The first-order chi connectivity index (χ1) is 8.70. The van der Waals surface area contributed by atoms with Crippen LogP contribution in [0.5, 0.6) is 0 Å². The van der Waals surface area contributed by atoms with Crippen molar-refractivity contribution in [1.82, 2.24) is 4.98 Å². The lowest BCUT2D eigenvalue weighted by molar-refractivity contribution is 0.917. The first-order valence-corrected chi connectivity index (χ1v) is 5.88. The molecule has 4 heteroatoms. The van der Waals surface area contributed by atoms with E-state index in [9.17, 15) is 0 Å². The molecule has 1 aromatic carbocycles. The van der Waals surface area contributed by atoms with E-state index in [0.29, 0.717) is 17.1 Å². The quantitative estimate of drug-likeness (QED) is 0.847. The second-order valence-corrected chi connectivity index (χ2v) is 4.42. The van der Waals surface area contributed by atoms with Gasteiger partial charge in [0, 0.05) is 31.0 Å². The summed E-state index contributed by atoms with van der Waals surface area (Å²) in [6.45, 7) is 0.706. The second kappa shape index (κ2) is 5.52. The van der Waals surface area contributed by atoms with Gasteiger partial charge in [-0.05, 0) is 35.9 Å². The molecule has 2 rings (SSSR count). The standard InChI is InChI=1S/C14H12ClN3/c1-18(10-11-4-6-17-7-5-11)14-8-13(15)3-2-12(14)9-16/h2-8H,10H2,1H3. The van der Waals surface area contributed by atoms with Crippen molar-refractivity contribution < 1.29 is 0 Å². The van der Waals surface area contributed by atoms with Crippen LogP contribution in [0.15, 0.2) is 42.7 Å². The van der Waals surface area contributed by atoms with E-state index in [1.165, 1.54) is 0 Å². The van der Waals surface area contributed by atoms with Crippen LogP contribution in [0.3, 0.4) is 0 Å². The highest BCUT2D eigenvalue weighted by Crippen LogP contribution is 2.24. The summed E-state index contributed by atoms with van der Waals surface area (Å²) in [6, 6.07) is 11.3. The van der Waals surface area contributed by atoms with Gasteiger partial charge in [-0.25, -0.2) is 0 Å². The molecule has 0 saturated carbocycles. The summed E-state index contributed by atoms with van der Waals surface area (Å²) in [7, 11) is 1.94. The lowest BCUT2D eigenvalue weighted by Gasteiger charge is -2.20. The fourth-order valence-electron chi connectivity index (χ4n) is 1.76. The molecule has 0 radical (unpaired) electrons. The molecule has 1 heterocycles. The minimum Gasteiger partial charge on any atom is -0.369 e. The summed E-state index contributed by atoms with van der Waals surface area (Å²) in [6.07, 6.45) is 3.51. The third-order valence-corrected chi connectivity index (χ3v) is 2.90. The van der Waals surface area contributed by atoms with E-state index in [4.69, 9.17) is 16.9 Å². The van der Waals surface area contributed by atoms with E-state index in [1.54, 1.807) is 30.6 Å². The average molecular weight is 258 g/mol. The van der Waals surface area contributed by atoms with E-state index in [1.807, 2.05) is 24.1 Å². The van der Waals surface area contributed by atoms with E-state index >= 15 is 0 Å². The molecule has 18 heavy (non-hydrogen) atoms.